The van der Waals surface area contributed by atoms with Crippen LogP contribution in [-0.4, -0.2) is 87.2 Å². The molecule has 1 aromatic carbocycles. The summed E-state index contributed by atoms with van der Waals surface area (Å²) in [4.78, 5) is 24.3. The maximum atomic E-state index is 12.7. The van der Waals surface area contributed by atoms with Crippen molar-refractivity contribution >= 4 is 17.6 Å². The van der Waals surface area contributed by atoms with Crippen molar-refractivity contribution < 1.29 is 69.4 Å². The van der Waals surface area contributed by atoms with E-state index < -0.39 is 48.6 Å². The normalized spacial score (nSPS) is 19.5. The van der Waals surface area contributed by atoms with E-state index in [4.69, 9.17) is 9.84 Å². The molecule has 0 spiro atoms. The van der Waals surface area contributed by atoms with Crippen LogP contribution in [-0.2, 0) is 27.5 Å². The molecule has 5 N–H and O–H groups in total. The SMILES string of the molecule is C[C@H]1[C@H]([C@H](O)[C@H](O)CO)OC(C(=O)[O-])=C[C@@H]1n1cc(-c2ccccc2NC(=O)CCCCCn2cc(CO)nn2)nn1.[Na+]. The number of unbranched alkanes of at least 4 members (excludes halogenated alkanes) is 2. The van der Waals surface area contributed by atoms with Crippen LogP contribution in [0.1, 0.15) is 44.3 Å². The molecule has 2 aromatic heterocycles. The molecule has 16 heteroatoms. The predicted molar refractivity (Wildman–Crippen MR) is 144 cm³/mol. The minimum Gasteiger partial charge on any atom is -0.542 e. The Kier molecular flexibility index (Phi) is 12.8. The number of aliphatic hydroxyl groups is 4. The molecule has 0 unspecified atom stereocenters. The number of ether oxygens (including phenoxy) is 1. The number of anilines is 1. The maximum absolute atomic E-state index is 12.7. The molecule has 15 nitrogen and oxygen atoms in total. The molecule has 43 heavy (non-hydrogen) atoms. The Balaban J connectivity index is 0.00000506. The molecule has 226 valence electrons. The standard InChI is InChI=1S/C27H35N7O8.Na/c1-16-21(11-23(27(40)41)42-26(16)25(39)22(37)15-36)34-13-20(30-32-34)18-7-4-5-8-19(18)28-24(38)9-3-2-6-10-33-12-17(14-35)29-31-33;/h4-5,7-8,11-13,16,21-22,25-26,35-37,39H,2-3,6,9-10,14-15H2,1H3,(H,28,38)(H,40,41);/q;+1/p-1/t16-,21+,22-,25-,26-;/m1./s1. The number of nitrogens with zero attached hydrogens (tertiary/aromatic N) is 6. The van der Waals surface area contributed by atoms with Crippen molar-refractivity contribution in [3.63, 3.8) is 0 Å². The van der Waals surface area contributed by atoms with E-state index in [1.807, 2.05) is 0 Å². The van der Waals surface area contributed by atoms with Gasteiger partial charge in [-0.3, -0.25) is 9.48 Å². The van der Waals surface area contributed by atoms with Gasteiger partial charge < -0.3 is 40.4 Å². The molecule has 0 saturated carbocycles. The third-order valence-electron chi connectivity index (χ3n) is 7.09. The van der Waals surface area contributed by atoms with Gasteiger partial charge in [-0.25, -0.2) is 4.68 Å². The first kappa shape index (κ1) is 34.3. The van der Waals surface area contributed by atoms with E-state index in [1.54, 1.807) is 48.3 Å². The van der Waals surface area contributed by atoms with Crippen LogP contribution in [0.15, 0.2) is 48.5 Å². The van der Waals surface area contributed by atoms with Crippen LogP contribution >= 0.6 is 0 Å². The molecule has 0 radical (unpaired) electrons. The molecule has 0 bridgehead atoms. The number of aryl methyl sites for hydroxylation is 1. The molecule has 3 aromatic rings. The molecule has 3 heterocycles. The summed E-state index contributed by atoms with van der Waals surface area (Å²) in [6, 6.07) is 6.32. The molecule has 1 aliphatic rings. The molecule has 0 saturated heterocycles. The van der Waals surface area contributed by atoms with Crippen LogP contribution in [0.5, 0.6) is 0 Å². The number of rotatable bonds is 14. The summed E-state index contributed by atoms with van der Waals surface area (Å²) in [5, 5.41) is 69.4. The van der Waals surface area contributed by atoms with Gasteiger partial charge in [0.1, 0.15) is 41.4 Å². The van der Waals surface area contributed by atoms with Gasteiger partial charge >= 0.3 is 29.6 Å². The quantitative estimate of drug-likeness (QED) is 0.0879. The fourth-order valence-electron chi connectivity index (χ4n) is 4.77. The second-order valence-corrected chi connectivity index (χ2v) is 10.1. The van der Waals surface area contributed by atoms with Crippen LogP contribution in [0.2, 0.25) is 0 Å². The summed E-state index contributed by atoms with van der Waals surface area (Å²) in [5.41, 5.74) is 2.05. The van der Waals surface area contributed by atoms with E-state index in [0.717, 1.165) is 12.8 Å². The van der Waals surface area contributed by atoms with E-state index in [-0.39, 0.29) is 42.1 Å². The van der Waals surface area contributed by atoms with Gasteiger partial charge in [-0.1, -0.05) is 42.0 Å². The van der Waals surface area contributed by atoms with Gasteiger partial charge in [0.15, 0.2) is 0 Å². The summed E-state index contributed by atoms with van der Waals surface area (Å²) in [5.74, 6) is -2.90. The van der Waals surface area contributed by atoms with Gasteiger partial charge in [0.05, 0.1) is 37.3 Å². The number of aliphatic carboxylic acids is 1. The largest absolute Gasteiger partial charge is 1.00 e. The van der Waals surface area contributed by atoms with E-state index >= 15 is 0 Å². The van der Waals surface area contributed by atoms with Gasteiger partial charge in [-0.15, -0.1) is 10.2 Å². The van der Waals surface area contributed by atoms with Crippen molar-refractivity contribution in [2.24, 2.45) is 5.92 Å². The number of hydrogen-bond donors (Lipinski definition) is 5. The number of para-hydroxylation sites is 1. The maximum Gasteiger partial charge on any atom is 1.00 e. The second kappa shape index (κ2) is 16.0. The number of aromatic nitrogens is 6. The minimum atomic E-state index is -1.61. The van der Waals surface area contributed by atoms with Crippen molar-refractivity contribution in [2.75, 3.05) is 11.9 Å². The van der Waals surface area contributed by atoms with Gasteiger partial charge in [-0.2, -0.15) is 0 Å². The monoisotopic (exact) mass is 607 g/mol. The first-order valence-corrected chi connectivity index (χ1v) is 13.6. The third-order valence-corrected chi connectivity index (χ3v) is 7.09. The summed E-state index contributed by atoms with van der Waals surface area (Å²) in [6.07, 6.45) is 2.83. The number of nitrogens with one attached hydrogen (secondary N) is 1. The zero-order chi connectivity index (χ0) is 30.2. The average molecular weight is 608 g/mol. The summed E-state index contributed by atoms with van der Waals surface area (Å²) >= 11 is 0. The summed E-state index contributed by atoms with van der Waals surface area (Å²) in [7, 11) is 0. The number of amides is 1. The van der Waals surface area contributed by atoms with Gasteiger partial charge in [0, 0.05) is 24.4 Å². The van der Waals surface area contributed by atoms with Crippen LogP contribution in [0.4, 0.5) is 5.69 Å². The number of aliphatic hydroxyl groups excluding tert-OH is 4. The molecular formula is C27H34N7NaO8. The molecule has 0 fully saturated rings. The molecule has 5 atom stereocenters. The Hall–Kier alpha value is -3.18. The first-order chi connectivity index (χ1) is 20.2. The second-order valence-electron chi connectivity index (χ2n) is 10.1. The van der Waals surface area contributed by atoms with Crippen LogP contribution in [0, 0.1) is 5.92 Å². The molecule has 4 rings (SSSR count). The van der Waals surface area contributed by atoms with Crippen molar-refractivity contribution in [3.8, 4) is 11.3 Å². The van der Waals surface area contributed by atoms with Crippen molar-refractivity contribution in [2.45, 2.75) is 70.1 Å². The third kappa shape index (κ3) is 8.69. The number of benzene rings is 1. The topological polar surface area (TPSA) is 221 Å². The van der Waals surface area contributed by atoms with E-state index in [1.165, 1.54) is 10.8 Å². The Morgan fingerprint density at radius 3 is 2.56 bits per heavy atom. The molecule has 1 amide bonds. The van der Waals surface area contributed by atoms with Gasteiger partial charge in [0.25, 0.3) is 0 Å². The minimum absolute atomic E-state index is 0. The van der Waals surface area contributed by atoms with Crippen molar-refractivity contribution in [1.29, 1.82) is 0 Å². The van der Waals surface area contributed by atoms with Gasteiger partial charge in [0.2, 0.25) is 5.91 Å². The Bertz CT molecular complexity index is 1400. The number of hydrogen-bond acceptors (Lipinski definition) is 12. The fourth-order valence-corrected chi connectivity index (χ4v) is 4.77. The summed E-state index contributed by atoms with van der Waals surface area (Å²) < 4.78 is 8.45. The zero-order valence-electron chi connectivity index (χ0n) is 24.0. The van der Waals surface area contributed by atoms with E-state index in [0.29, 0.717) is 42.0 Å². The smallest absolute Gasteiger partial charge is 0.542 e. The van der Waals surface area contributed by atoms with Crippen molar-refractivity contribution in [1.82, 2.24) is 30.0 Å². The van der Waals surface area contributed by atoms with Crippen molar-refractivity contribution in [3.05, 3.63) is 54.2 Å². The number of carboxylic acid groups (broad SMARTS) is 1. The first-order valence-electron chi connectivity index (χ1n) is 13.6. The Labute approximate surface area is 269 Å². The van der Waals surface area contributed by atoms with Crippen LogP contribution in [0.3, 0.4) is 0 Å². The molecule has 1 aliphatic heterocycles. The number of carboxylic acids is 1. The van der Waals surface area contributed by atoms with E-state index in [2.05, 4.69) is 25.9 Å². The number of allylic oxidation sites excluding steroid dienone is 1. The fraction of sp³-hybridized carbons (Fsp3) is 0.481. The predicted octanol–water partition coefficient (Wildman–Crippen LogP) is -3.84. The van der Waals surface area contributed by atoms with Gasteiger partial charge in [-0.05, 0) is 25.0 Å². The molecule has 0 aliphatic carbocycles. The Morgan fingerprint density at radius 1 is 1.09 bits per heavy atom. The van der Waals surface area contributed by atoms with E-state index in [9.17, 15) is 30.0 Å². The number of carbonyl (C=O) groups is 2. The molecular weight excluding hydrogens is 573 g/mol. The number of carbonyl (C=O) groups excluding carboxylic acids is 2. The zero-order valence-corrected chi connectivity index (χ0v) is 26.0. The van der Waals surface area contributed by atoms with Crippen LogP contribution < -0.4 is 40.0 Å². The summed E-state index contributed by atoms with van der Waals surface area (Å²) in [6.45, 7) is 1.42. The average Bonchev–Trinajstić information content (AvgIpc) is 3.66. The Morgan fingerprint density at radius 2 is 1.86 bits per heavy atom. The van der Waals surface area contributed by atoms with Crippen LogP contribution in [0.25, 0.3) is 11.3 Å².